The van der Waals surface area contributed by atoms with E-state index in [1.165, 1.54) is 7.11 Å². The summed E-state index contributed by atoms with van der Waals surface area (Å²) in [6, 6.07) is -0.543. The van der Waals surface area contributed by atoms with Crippen molar-refractivity contribution in [2.45, 2.75) is 18.6 Å². The van der Waals surface area contributed by atoms with Crippen molar-refractivity contribution >= 4 is 11.9 Å². The normalized spacial score (nSPS) is 23.9. The van der Waals surface area contributed by atoms with Crippen LogP contribution in [0.25, 0.3) is 0 Å². The number of hydrogen-bond donors (Lipinski definition) is 2. The van der Waals surface area contributed by atoms with E-state index >= 15 is 0 Å². The van der Waals surface area contributed by atoms with Gasteiger partial charge in [0.1, 0.15) is 6.04 Å². The number of methoxy groups -OCH3 is 2. The molecule has 0 saturated carbocycles. The number of amides is 1. The number of aliphatic hydroxyl groups excluding tert-OH is 1. The number of rotatable bonds is 6. The van der Waals surface area contributed by atoms with Gasteiger partial charge in [0.15, 0.2) is 0 Å². The number of carbonyl (C=O) groups is 2. The number of likely N-dealkylation sites (tertiary alicyclic amines) is 1. The van der Waals surface area contributed by atoms with Gasteiger partial charge in [-0.3, -0.25) is 14.5 Å². The first-order valence-electron chi connectivity index (χ1n) is 5.84. The van der Waals surface area contributed by atoms with E-state index in [9.17, 15) is 14.7 Å². The molecule has 1 rings (SSSR count). The molecule has 0 aromatic rings. The lowest BCUT2D eigenvalue weighted by Gasteiger charge is -2.21. The lowest BCUT2D eigenvalue weighted by Crippen LogP contribution is -2.44. The predicted octanol–water partition coefficient (Wildman–Crippen LogP) is -1.64. The number of esters is 1. The zero-order valence-corrected chi connectivity index (χ0v) is 10.7. The maximum Gasteiger partial charge on any atom is 0.323 e. The van der Waals surface area contributed by atoms with Gasteiger partial charge in [0, 0.05) is 26.6 Å². The molecule has 0 aliphatic carbocycles. The van der Waals surface area contributed by atoms with E-state index in [-0.39, 0.29) is 12.5 Å². The molecule has 0 radical (unpaired) electrons. The van der Waals surface area contributed by atoms with Crippen molar-refractivity contribution in [1.29, 1.82) is 0 Å². The van der Waals surface area contributed by atoms with E-state index in [0.29, 0.717) is 26.1 Å². The molecule has 7 nitrogen and oxygen atoms in total. The van der Waals surface area contributed by atoms with Gasteiger partial charge in [0.25, 0.3) is 0 Å². The van der Waals surface area contributed by atoms with Crippen molar-refractivity contribution in [1.82, 2.24) is 10.2 Å². The van der Waals surface area contributed by atoms with Gasteiger partial charge in [-0.1, -0.05) is 0 Å². The highest BCUT2D eigenvalue weighted by molar-refractivity contribution is 5.80. The highest BCUT2D eigenvalue weighted by Crippen LogP contribution is 2.18. The van der Waals surface area contributed by atoms with Crippen LogP contribution >= 0.6 is 0 Å². The van der Waals surface area contributed by atoms with E-state index in [4.69, 9.17) is 4.74 Å². The molecule has 0 aromatic carbocycles. The number of carbonyl (C=O) groups excluding carboxylic acids is 2. The molecule has 1 fully saturated rings. The van der Waals surface area contributed by atoms with Crippen molar-refractivity contribution < 1.29 is 24.2 Å². The molecular formula is C11H20N2O5. The maximum absolute atomic E-state index is 11.6. The molecule has 2 N–H and O–H groups in total. The predicted molar refractivity (Wildman–Crippen MR) is 62.9 cm³/mol. The van der Waals surface area contributed by atoms with Gasteiger partial charge in [-0.25, -0.2) is 0 Å². The zero-order valence-electron chi connectivity index (χ0n) is 10.7. The fraction of sp³-hybridized carbons (Fsp3) is 0.818. The minimum atomic E-state index is -0.596. The summed E-state index contributed by atoms with van der Waals surface area (Å²) in [5.74, 6) is -0.619. The Hall–Kier alpha value is -1.18. The van der Waals surface area contributed by atoms with Gasteiger partial charge in [-0.05, 0) is 0 Å². The number of ether oxygens (including phenoxy) is 2. The Morgan fingerprint density at radius 2 is 2.17 bits per heavy atom. The Labute approximate surface area is 106 Å². The monoisotopic (exact) mass is 260 g/mol. The SMILES string of the molecule is COCCNC(=O)CN1CC(O)CC1C(=O)OC. The number of nitrogens with one attached hydrogen (secondary N) is 1. The van der Waals surface area contributed by atoms with E-state index in [1.54, 1.807) is 12.0 Å². The minimum absolute atomic E-state index is 0.0700. The topological polar surface area (TPSA) is 88.1 Å². The van der Waals surface area contributed by atoms with Crippen LogP contribution in [0.4, 0.5) is 0 Å². The molecule has 0 spiro atoms. The van der Waals surface area contributed by atoms with Gasteiger partial charge in [0.2, 0.25) is 5.91 Å². The van der Waals surface area contributed by atoms with Gasteiger partial charge in [-0.2, -0.15) is 0 Å². The molecule has 0 bridgehead atoms. The van der Waals surface area contributed by atoms with Gasteiger partial charge in [0.05, 0.1) is 26.4 Å². The van der Waals surface area contributed by atoms with E-state index < -0.39 is 18.1 Å². The quantitative estimate of drug-likeness (QED) is 0.440. The van der Waals surface area contributed by atoms with Crippen molar-refractivity contribution in [2.75, 3.05) is 40.5 Å². The molecule has 18 heavy (non-hydrogen) atoms. The second-order valence-corrected chi connectivity index (χ2v) is 4.20. The van der Waals surface area contributed by atoms with Crippen LogP contribution in [0.15, 0.2) is 0 Å². The largest absolute Gasteiger partial charge is 0.468 e. The number of hydrogen-bond acceptors (Lipinski definition) is 6. The molecular weight excluding hydrogens is 240 g/mol. The number of aliphatic hydroxyl groups is 1. The second kappa shape index (κ2) is 7.30. The summed E-state index contributed by atoms with van der Waals surface area (Å²) in [5.41, 5.74) is 0. The third-order valence-electron chi connectivity index (χ3n) is 2.83. The third kappa shape index (κ3) is 4.25. The molecule has 7 heteroatoms. The van der Waals surface area contributed by atoms with Crippen LogP contribution in [0, 0.1) is 0 Å². The molecule has 1 aliphatic heterocycles. The van der Waals surface area contributed by atoms with Crippen molar-refractivity contribution in [3.8, 4) is 0 Å². The average molecular weight is 260 g/mol. The Kier molecular flexibility index (Phi) is 6.03. The van der Waals surface area contributed by atoms with Crippen molar-refractivity contribution in [2.24, 2.45) is 0 Å². The molecule has 1 amide bonds. The summed E-state index contributed by atoms with van der Waals surface area (Å²) in [4.78, 5) is 24.7. The van der Waals surface area contributed by atoms with E-state index in [1.807, 2.05) is 0 Å². The highest BCUT2D eigenvalue weighted by Gasteiger charge is 2.37. The summed E-state index contributed by atoms with van der Waals surface area (Å²) < 4.78 is 9.46. The summed E-state index contributed by atoms with van der Waals surface area (Å²) in [6.45, 7) is 1.24. The van der Waals surface area contributed by atoms with Crippen LogP contribution in [0.5, 0.6) is 0 Å². The molecule has 2 unspecified atom stereocenters. The first-order chi connectivity index (χ1) is 8.58. The summed E-state index contributed by atoms with van der Waals surface area (Å²) in [7, 11) is 2.85. The van der Waals surface area contributed by atoms with Crippen LogP contribution in [0.1, 0.15) is 6.42 Å². The van der Waals surface area contributed by atoms with Crippen LogP contribution < -0.4 is 5.32 Å². The molecule has 1 heterocycles. The van der Waals surface area contributed by atoms with Crippen LogP contribution in [-0.4, -0.2) is 74.5 Å². The molecule has 1 saturated heterocycles. The Balaban J connectivity index is 2.43. The first-order valence-corrected chi connectivity index (χ1v) is 5.84. The smallest absolute Gasteiger partial charge is 0.323 e. The molecule has 1 aliphatic rings. The zero-order chi connectivity index (χ0) is 13.5. The minimum Gasteiger partial charge on any atom is -0.468 e. The molecule has 2 atom stereocenters. The maximum atomic E-state index is 11.6. The lowest BCUT2D eigenvalue weighted by molar-refractivity contribution is -0.146. The Bertz CT molecular complexity index is 297. The second-order valence-electron chi connectivity index (χ2n) is 4.20. The van der Waals surface area contributed by atoms with Crippen LogP contribution in [-0.2, 0) is 19.1 Å². The lowest BCUT2D eigenvalue weighted by atomic mass is 10.2. The Morgan fingerprint density at radius 3 is 2.78 bits per heavy atom. The van der Waals surface area contributed by atoms with Crippen molar-refractivity contribution in [3.05, 3.63) is 0 Å². The summed E-state index contributed by atoms with van der Waals surface area (Å²) in [5, 5.41) is 12.2. The fourth-order valence-corrected chi connectivity index (χ4v) is 1.97. The standard InChI is InChI=1S/C11H20N2O5/c1-17-4-3-12-10(15)7-13-6-8(14)5-9(13)11(16)18-2/h8-9,14H,3-7H2,1-2H3,(H,12,15). The summed E-state index contributed by atoms with van der Waals surface area (Å²) >= 11 is 0. The van der Waals surface area contributed by atoms with Gasteiger partial charge in [-0.15, -0.1) is 0 Å². The van der Waals surface area contributed by atoms with Crippen LogP contribution in [0.2, 0.25) is 0 Å². The fourth-order valence-electron chi connectivity index (χ4n) is 1.97. The molecule has 0 aromatic heterocycles. The van der Waals surface area contributed by atoms with E-state index in [2.05, 4.69) is 10.1 Å². The average Bonchev–Trinajstić information content (AvgIpc) is 2.69. The number of β-amino-alcohol motifs (C(OH)–C–C–N with tert-alkyl or cyclic N) is 1. The third-order valence-corrected chi connectivity index (χ3v) is 2.83. The summed E-state index contributed by atoms with van der Waals surface area (Å²) in [6.07, 6.45) is -0.293. The number of nitrogens with zero attached hydrogens (tertiary/aromatic N) is 1. The van der Waals surface area contributed by atoms with Crippen molar-refractivity contribution in [3.63, 3.8) is 0 Å². The first kappa shape index (κ1) is 14.9. The van der Waals surface area contributed by atoms with Crippen LogP contribution in [0.3, 0.4) is 0 Å². The van der Waals surface area contributed by atoms with E-state index in [0.717, 1.165) is 0 Å². The molecule has 104 valence electrons. The highest BCUT2D eigenvalue weighted by atomic mass is 16.5. The van der Waals surface area contributed by atoms with Gasteiger partial charge < -0.3 is 19.9 Å². The van der Waals surface area contributed by atoms with Gasteiger partial charge >= 0.3 is 5.97 Å². The Morgan fingerprint density at radius 1 is 1.44 bits per heavy atom.